The summed E-state index contributed by atoms with van der Waals surface area (Å²) in [5, 5.41) is 2.98. The van der Waals surface area contributed by atoms with Crippen LogP contribution in [0.4, 0.5) is 5.69 Å². The van der Waals surface area contributed by atoms with Gasteiger partial charge in [-0.05, 0) is 39.2 Å². The van der Waals surface area contributed by atoms with Gasteiger partial charge in [0.25, 0.3) is 5.91 Å². The lowest BCUT2D eigenvalue weighted by atomic mass is 10.3. The number of hydrogen-bond acceptors (Lipinski definition) is 4. The number of rotatable bonds is 6. The highest BCUT2D eigenvalue weighted by Crippen LogP contribution is 2.07. The third-order valence-electron chi connectivity index (χ3n) is 2.72. The van der Waals surface area contributed by atoms with Crippen LogP contribution < -0.4 is 5.32 Å². The largest absolute Gasteiger partial charge is 0.387 e. The van der Waals surface area contributed by atoms with Gasteiger partial charge in [-0.1, -0.05) is 0 Å². The maximum absolute atomic E-state index is 12.0. The van der Waals surface area contributed by atoms with Gasteiger partial charge in [-0.3, -0.25) is 4.79 Å². The van der Waals surface area contributed by atoms with E-state index < -0.39 is 0 Å². The first-order valence-corrected chi connectivity index (χ1v) is 6.08. The van der Waals surface area contributed by atoms with Crippen LogP contribution in [0.1, 0.15) is 16.9 Å². The average molecular weight is 250 g/mol. The number of pyridine rings is 1. The second-order valence-corrected chi connectivity index (χ2v) is 4.57. The number of carbonyl (C=O) groups is 1. The van der Waals surface area contributed by atoms with E-state index in [0.717, 1.165) is 25.2 Å². The predicted molar refractivity (Wildman–Crippen MR) is 73.9 cm³/mol. The fourth-order valence-corrected chi connectivity index (χ4v) is 1.59. The molecule has 0 saturated carbocycles. The van der Waals surface area contributed by atoms with Crippen LogP contribution in [0.3, 0.4) is 0 Å². The number of carbonyl (C=O) groups excluding carboxylic acids is 1. The van der Waals surface area contributed by atoms with Crippen molar-refractivity contribution in [2.75, 3.05) is 46.6 Å². The van der Waals surface area contributed by atoms with Crippen molar-refractivity contribution in [3.8, 4) is 0 Å². The molecule has 1 N–H and O–H groups in total. The predicted octanol–water partition coefficient (Wildman–Crippen LogP) is 1.15. The van der Waals surface area contributed by atoms with Gasteiger partial charge in [-0.2, -0.15) is 0 Å². The Labute approximate surface area is 109 Å². The summed E-state index contributed by atoms with van der Waals surface area (Å²) in [4.78, 5) is 20.0. The summed E-state index contributed by atoms with van der Waals surface area (Å²) in [5.41, 5.74) is 1.39. The molecule has 0 saturated heterocycles. The van der Waals surface area contributed by atoms with Gasteiger partial charge in [0.1, 0.15) is 5.69 Å². The standard InChI is InChI=1S/C13H22N4O/c1-14-11-6-7-12(15-10-11)13(18)17(4)9-5-8-16(2)3/h6-7,10,14H,5,8-9H2,1-4H3. The molecule has 0 spiro atoms. The van der Waals surface area contributed by atoms with E-state index in [9.17, 15) is 4.79 Å². The van der Waals surface area contributed by atoms with Crippen molar-refractivity contribution in [2.24, 2.45) is 0 Å². The van der Waals surface area contributed by atoms with Crippen LogP contribution in [-0.4, -0.2) is 62.0 Å². The Morgan fingerprint density at radius 3 is 2.50 bits per heavy atom. The zero-order valence-electron chi connectivity index (χ0n) is 11.6. The average Bonchev–Trinajstić information content (AvgIpc) is 2.37. The van der Waals surface area contributed by atoms with Gasteiger partial charge in [0.15, 0.2) is 0 Å². The maximum Gasteiger partial charge on any atom is 0.272 e. The molecule has 100 valence electrons. The molecule has 1 amide bonds. The van der Waals surface area contributed by atoms with Crippen LogP contribution in [-0.2, 0) is 0 Å². The first-order valence-electron chi connectivity index (χ1n) is 6.08. The van der Waals surface area contributed by atoms with Gasteiger partial charge >= 0.3 is 0 Å². The second-order valence-electron chi connectivity index (χ2n) is 4.57. The van der Waals surface area contributed by atoms with Gasteiger partial charge in [0.05, 0.1) is 11.9 Å². The van der Waals surface area contributed by atoms with Crippen molar-refractivity contribution in [3.05, 3.63) is 24.0 Å². The van der Waals surface area contributed by atoms with Crippen molar-refractivity contribution in [1.29, 1.82) is 0 Å². The summed E-state index contributed by atoms with van der Waals surface area (Å²) in [6, 6.07) is 3.60. The van der Waals surface area contributed by atoms with Crippen molar-refractivity contribution in [1.82, 2.24) is 14.8 Å². The van der Waals surface area contributed by atoms with E-state index in [4.69, 9.17) is 0 Å². The Morgan fingerprint density at radius 1 is 1.28 bits per heavy atom. The Kier molecular flexibility index (Phi) is 5.58. The topological polar surface area (TPSA) is 48.5 Å². The number of anilines is 1. The van der Waals surface area contributed by atoms with Crippen molar-refractivity contribution < 1.29 is 4.79 Å². The number of nitrogens with zero attached hydrogens (tertiary/aromatic N) is 3. The second kappa shape index (κ2) is 6.96. The molecule has 0 fully saturated rings. The highest BCUT2D eigenvalue weighted by Gasteiger charge is 2.12. The summed E-state index contributed by atoms with van der Waals surface area (Å²) >= 11 is 0. The van der Waals surface area contributed by atoms with Gasteiger partial charge in [0.2, 0.25) is 0 Å². The summed E-state index contributed by atoms with van der Waals surface area (Å²) in [7, 11) is 7.69. The maximum atomic E-state index is 12.0. The third kappa shape index (κ3) is 4.33. The molecule has 0 aliphatic heterocycles. The molecule has 1 heterocycles. The minimum absolute atomic E-state index is 0.0311. The fraction of sp³-hybridized carbons (Fsp3) is 0.538. The highest BCUT2D eigenvalue weighted by molar-refractivity contribution is 5.92. The van der Waals surface area contributed by atoms with Gasteiger partial charge < -0.3 is 15.1 Å². The van der Waals surface area contributed by atoms with E-state index in [2.05, 4.69) is 15.2 Å². The zero-order chi connectivity index (χ0) is 13.5. The monoisotopic (exact) mass is 250 g/mol. The normalized spacial score (nSPS) is 10.5. The van der Waals surface area contributed by atoms with E-state index in [-0.39, 0.29) is 5.91 Å². The zero-order valence-corrected chi connectivity index (χ0v) is 11.6. The quantitative estimate of drug-likeness (QED) is 0.822. The molecule has 0 bridgehead atoms. The smallest absolute Gasteiger partial charge is 0.272 e. The third-order valence-corrected chi connectivity index (χ3v) is 2.72. The Morgan fingerprint density at radius 2 is 2.00 bits per heavy atom. The molecule has 0 aliphatic carbocycles. The molecule has 0 aliphatic rings. The summed E-state index contributed by atoms with van der Waals surface area (Å²) in [6.07, 6.45) is 2.63. The van der Waals surface area contributed by atoms with E-state index in [1.54, 1.807) is 17.2 Å². The number of amides is 1. The molecule has 18 heavy (non-hydrogen) atoms. The summed E-state index contributed by atoms with van der Waals surface area (Å²) in [6.45, 7) is 1.72. The van der Waals surface area contributed by atoms with Crippen LogP contribution in [0.25, 0.3) is 0 Å². The van der Waals surface area contributed by atoms with Crippen LogP contribution in [0, 0.1) is 0 Å². The molecule has 0 unspecified atom stereocenters. The molecule has 0 radical (unpaired) electrons. The molecule has 5 nitrogen and oxygen atoms in total. The van der Waals surface area contributed by atoms with Crippen molar-refractivity contribution in [3.63, 3.8) is 0 Å². The van der Waals surface area contributed by atoms with Crippen molar-refractivity contribution >= 4 is 11.6 Å². The first-order chi connectivity index (χ1) is 8.54. The lowest BCUT2D eigenvalue weighted by Gasteiger charge is -2.18. The minimum atomic E-state index is -0.0311. The van der Waals surface area contributed by atoms with Crippen molar-refractivity contribution in [2.45, 2.75) is 6.42 Å². The molecular formula is C13H22N4O. The van der Waals surface area contributed by atoms with Crippen LogP contribution in [0.5, 0.6) is 0 Å². The van der Waals surface area contributed by atoms with E-state index in [1.807, 2.05) is 34.3 Å². The molecule has 5 heteroatoms. The molecule has 1 rings (SSSR count). The van der Waals surface area contributed by atoms with E-state index in [0.29, 0.717) is 5.69 Å². The van der Waals surface area contributed by atoms with Gasteiger partial charge in [0, 0.05) is 20.6 Å². The Bertz CT molecular complexity index is 375. The number of aromatic nitrogens is 1. The minimum Gasteiger partial charge on any atom is -0.387 e. The number of hydrogen-bond donors (Lipinski definition) is 1. The lowest BCUT2D eigenvalue weighted by molar-refractivity contribution is 0.0785. The Balaban J connectivity index is 2.51. The van der Waals surface area contributed by atoms with Gasteiger partial charge in [-0.15, -0.1) is 0 Å². The van der Waals surface area contributed by atoms with Gasteiger partial charge in [-0.25, -0.2) is 4.98 Å². The first kappa shape index (κ1) is 14.4. The molecule has 0 aromatic carbocycles. The molecule has 1 aromatic heterocycles. The van der Waals surface area contributed by atoms with Crippen LogP contribution in [0.2, 0.25) is 0 Å². The highest BCUT2D eigenvalue weighted by atomic mass is 16.2. The molecule has 0 atom stereocenters. The summed E-state index contributed by atoms with van der Waals surface area (Å²) in [5.74, 6) is -0.0311. The number of nitrogens with one attached hydrogen (secondary N) is 1. The Hall–Kier alpha value is -1.62. The van der Waals surface area contributed by atoms with Crippen LogP contribution in [0.15, 0.2) is 18.3 Å². The molecular weight excluding hydrogens is 228 g/mol. The lowest BCUT2D eigenvalue weighted by Crippen LogP contribution is -2.30. The SMILES string of the molecule is CNc1ccc(C(=O)N(C)CCCN(C)C)nc1. The summed E-state index contributed by atoms with van der Waals surface area (Å²) < 4.78 is 0. The van der Waals surface area contributed by atoms with Crippen LogP contribution >= 0.6 is 0 Å². The molecule has 1 aromatic rings. The van der Waals surface area contributed by atoms with E-state index >= 15 is 0 Å². The van der Waals surface area contributed by atoms with E-state index in [1.165, 1.54) is 0 Å². The fourth-order valence-electron chi connectivity index (χ4n) is 1.59.